The molecule has 0 saturated heterocycles. The standard InChI is InChI=1S/C10H12/c1-2-5-9(6-3-1)10-7-4-8-10/h1-2,5,7H,3-4,6,8H2. The molecule has 2 aliphatic rings. The summed E-state index contributed by atoms with van der Waals surface area (Å²) in [7, 11) is 0. The summed E-state index contributed by atoms with van der Waals surface area (Å²) in [5.74, 6) is 0. The number of hydrogen-bond donors (Lipinski definition) is 0. The van der Waals surface area contributed by atoms with Gasteiger partial charge in [0.1, 0.15) is 0 Å². The molecule has 2 rings (SSSR count). The lowest BCUT2D eigenvalue weighted by Gasteiger charge is -2.18. The summed E-state index contributed by atoms with van der Waals surface area (Å²) in [4.78, 5) is 0. The molecule has 0 aromatic carbocycles. The van der Waals surface area contributed by atoms with E-state index in [1.807, 2.05) is 0 Å². The average molecular weight is 132 g/mol. The Balaban J connectivity index is 2.16. The lowest BCUT2D eigenvalue weighted by molar-refractivity contribution is 0.839. The molecule has 0 aromatic rings. The molecule has 0 aliphatic heterocycles. The highest BCUT2D eigenvalue weighted by molar-refractivity contribution is 5.39. The van der Waals surface area contributed by atoms with E-state index in [4.69, 9.17) is 0 Å². The molecule has 0 amide bonds. The third-order valence-electron chi connectivity index (χ3n) is 2.23. The molecule has 0 radical (unpaired) electrons. The molecule has 0 spiro atoms. The Labute approximate surface area is 61.9 Å². The summed E-state index contributed by atoms with van der Waals surface area (Å²) in [5.41, 5.74) is 3.18. The molecule has 10 heavy (non-hydrogen) atoms. The summed E-state index contributed by atoms with van der Waals surface area (Å²) in [6.45, 7) is 0. The molecular weight excluding hydrogens is 120 g/mol. The quantitative estimate of drug-likeness (QED) is 0.514. The second-order valence-corrected chi connectivity index (χ2v) is 2.93. The Bertz CT molecular complexity index is 216. The van der Waals surface area contributed by atoms with Gasteiger partial charge in [0.05, 0.1) is 0 Å². The van der Waals surface area contributed by atoms with Crippen molar-refractivity contribution in [2.75, 3.05) is 0 Å². The van der Waals surface area contributed by atoms with E-state index < -0.39 is 0 Å². The van der Waals surface area contributed by atoms with Gasteiger partial charge in [-0.15, -0.1) is 0 Å². The van der Waals surface area contributed by atoms with Crippen molar-refractivity contribution in [3.63, 3.8) is 0 Å². The van der Waals surface area contributed by atoms with Gasteiger partial charge < -0.3 is 0 Å². The zero-order valence-electron chi connectivity index (χ0n) is 6.14. The van der Waals surface area contributed by atoms with E-state index in [1.54, 1.807) is 11.1 Å². The van der Waals surface area contributed by atoms with Crippen molar-refractivity contribution in [3.8, 4) is 0 Å². The van der Waals surface area contributed by atoms with E-state index in [0.717, 1.165) is 0 Å². The van der Waals surface area contributed by atoms with Crippen molar-refractivity contribution in [1.29, 1.82) is 0 Å². The second kappa shape index (κ2) is 2.45. The van der Waals surface area contributed by atoms with Crippen molar-refractivity contribution in [2.45, 2.75) is 25.7 Å². The van der Waals surface area contributed by atoms with Gasteiger partial charge in [0, 0.05) is 0 Å². The number of hydrogen-bond acceptors (Lipinski definition) is 0. The summed E-state index contributed by atoms with van der Waals surface area (Å²) < 4.78 is 0. The smallest absolute Gasteiger partial charge is 0.0241 e. The van der Waals surface area contributed by atoms with Crippen molar-refractivity contribution in [1.82, 2.24) is 0 Å². The van der Waals surface area contributed by atoms with E-state index in [0.29, 0.717) is 0 Å². The molecular formula is C10H12. The maximum Gasteiger partial charge on any atom is -0.0241 e. The number of allylic oxidation sites excluding steroid dienone is 6. The van der Waals surface area contributed by atoms with Crippen LogP contribution in [0.3, 0.4) is 0 Å². The lowest BCUT2D eigenvalue weighted by Crippen LogP contribution is -1.99. The minimum atomic E-state index is 1.24. The van der Waals surface area contributed by atoms with Crippen LogP contribution in [0.2, 0.25) is 0 Å². The van der Waals surface area contributed by atoms with Gasteiger partial charge in [0.15, 0.2) is 0 Å². The number of rotatable bonds is 1. The normalized spacial score (nSPS) is 23.2. The van der Waals surface area contributed by atoms with Crippen LogP contribution in [0.4, 0.5) is 0 Å². The van der Waals surface area contributed by atoms with Crippen LogP contribution in [-0.2, 0) is 0 Å². The first-order chi connectivity index (χ1) is 4.97. The largest absolute Gasteiger partial charge is 0.0842 e. The third kappa shape index (κ3) is 0.942. The van der Waals surface area contributed by atoms with Crippen molar-refractivity contribution in [2.24, 2.45) is 0 Å². The Hall–Kier alpha value is -0.780. The van der Waals surface area contributed by atoms with Gasteiger partial charge in [0.2, 0.25) is 0 Å². The van der Waals surface area contributed by atoms with Gasteiger partial charge in [-0.2, -0.15) is 0 Å². The summed E-state index contributed by atoms with van der Waals surface area (Å²) in [5, 5.41) is 0. The van der Waals surface area contributed by atoms with E-state index in [1.165, 1.54) is 25.7 Å². The first-order valence-electron chi connectivity index (χ1n) is 4.02. The van der Waals surface area contributed by atoms with Crippen molar-refractivity contribution < 1.29 is 0 Å². The minimum absolute atomic E-state index is 1.24. The molecule has 0 heterocycles. The molecule has 0 nitrogen and oxygen atoms in total. The van der Waals surface area contributed by atoms with Crippen molar-refractivity contribution in [3.05, 3.63) is 35.5 Å². The van der Waals surface area contributed by atoms with E-state index in [9.17, 15) is 0 Å². The highest BCUT2D eigenvalue weighted by Gasteiger charge is 2.10. The fraction of sp³-hybridized carbons (Fsp3) is 0.400. The highest BCUT2D eigenvalue weighted by Crippen LogP contribution is 2.30. The predicted octanol–water partition coefficient (Wildman–Crippen LogP) is 2.98. The summed E-state index contributed by atoms with van der Waals surface area (Å²) in [6.07, 6.45) is 14.2. The molecule has 0 fully saturated rings. The monoisotopic (exact) mass is 132 g/mol. The van der Waals surface area contributed by atoms with Gasteiger partial charge >= 0.3 is 0 Å². The fourth-order valence-electron chi connectivity index (χ4n) is 1.45. The van der Waals surface area contributed by atoms with Crippen LogP contribution in [0.1, 0.15) is 25.7 Å². The SMILES string of the molecule is C1=CCCC(C2=CCC2)=C1. The predicted molar refractivity (Wildman–Crippen MR) is 43.8 cm³/mol. The Kier molecular flexibility index (Phi) is 1.46. The maximum absolute atomic E-state index is 2.35. The first kappa shape index (κ1) is 5.96. The zero-order chi connectivity index (χ0) is 6.81. The van der Waals surface area contributed by atoms with Crippen LogP contribution in [0.5, 0.6) is 0 Å². The molecule has 0 unspecified atom stereocenters. The molecule has 52 valence electrons. The highest BCUT2D eigenvalue weighted by atomic mass is 14.2. The van der Waals surface area contributed by atoms with Gasteiger partial charge in [-0.1, -0.05) is 24.3 Å². The topological polar surface area (TPSA) is 0 Å². The summed E-state index contributed by atoms with van der Waals surface area (Å²) >= 11 is 0. The van der Waals surface area contributed by atoms with Gasteiger partial charge in [-0.05, 0) is 36.8 Å². The summed E-state index contributed by atoms with van der Waals surface area (Å²) in [6, 6.07) is 0. The Morgan fingerprint density at radius 2 is 1.80 bits per heavy atom. The van der Waals surface area contributed by atoms with Crippen LogP contribution in [-0.4, -0.2) is 0 Å². The molecule has 0 heteroatoms. The third-order valence-corrected chi connectivity index (χ3v) is 2.23. The first-order valence-corrected chi connectivity index (χ1v) is 4.02. The molecule has 0 saturated carbocycles. The lowest BCUT2D eigenvalue weighted by atomic mass is 9.87. The van der Waals surface area contributed by atoms with Crippen LogP contribution in [0.25, 0.3) is 0 Å². The molecule has 0 atom stereocenters. The second-order valence-electron chi connectivity index (χ2n) is 2.93. The van der Waals surface area contributed by atoms with Gasteiger partial charge in [0.25, 0.3) is 0 Å². The zero-order valence-corrected chi connectivity index (χ0v) is 6.14. The molecule has 0 N–H and O–H groups in total. The average Bonchev–Trinajstić information content (AvgIpc) is 1.86. The van der Waals surface area contributed by atoms with E-state index in [-0.39, 0.29) is 0 Å². The van der Waals surface area contributed by atoms with Crippen molar-refractivity contribution >= 4 is 0 Å². The van der Waals surface area contributed by atoms with E-state index in [2.05, 4.69) is 24.3 Å². The van der Waals surface area contributed by atoms with Crippen LogP contribution < -0.4 is 0 Å². The minimum Gasteiger partial charge on any atom is -0.0842 e. The van der Waals surface area contributed by atoms with Gasteiger partial charge in [-0.25, -0.2) is 0 Å². The Morgan fingerprint density at radius 1 is 1.00 bits per heavy atom. The van der Waals surface area contributed by atoms with Gasteiger partial charge in [-0.3, -0.25) is 0 Å². The molecule has 2 aliphatic carbocycles. The van der Waals surface area contributed by atoms with Crippen LogP contribution in [0.15, 0.2) is 35.5 Å². The Morgan fingerprint density at radius 3 is 2.30 bits per heavy atom. The molecule has 0 aromatic heterocycles. The van der Waals surface area contributed by atoms with Crippen LogP contribution >= 0.6 is 0 Å². The maximum atomic E-state index is 2.35. The molecule has 0 bridgehead atoms. The fourth-order valence-corrected chi connectivity index (χ4v) is 1.45. The van der Waals surface area contributed by atoms with Crippen LogP contribution in [0, 0.1) is 0 Å². The van der Waals surface area contributed by atoms with E-state index >= 15 is 0 Å².